The molecule has 0 aromatic carbocycles. The molecule has 2 fully saturated rings. The molecule has 1 aromatic heterocycles. The molecule has 19 heavy (non-hydrogen) atoms. The lowest BCUT2D eigenvalue weighted by molar-refractivity contribution is -0.138. The Kier molecular flexibility index (Phi) is 3.33. The van der Waals surface area contributed by atoms with E-state index in [0.29, 0.717) is 18.2 Å². The third-order valence-electron chi connectivity index (χ3n) is 3.77. The van der Waals surface area contributed by atoms with E-state index in [9.17, 15) is 4.79 Å². The lowest BCUT2D eigenvalue weighted by atomic mass is 9.96. The minimum atomic E-state index is -0.746. The number of aromatic nitrogens is 2. The van der Waals surface area contributed by atoms with Crippen molar-refractivity contribution in [3.8, 4) is 0 Å². The van der Waals surface area contributed by atoms with Crippen LogP contribution in [0.4, 0.5) is 5.82 Å². The molecule has 0 radical (unpaired) electrons. The van der Waals surface area contributed by atoms with E-state index in [4.69, 9.17) is 9.84 Å². The molecule has 2 atom stereocenters. The predicted octanol–water partition coefficient (Wildman–Crippen LogP) is 1.26. The fraction of sp³-hybridized carbons (Fsp3) is 0.615. The molecular weight excluding hydrogens is 246 g/mol. The van der Waals surface area contributed by atoms with Crippen LogP contribution in [0.3, 0.4) is 0 Å². The molecule has 1 aliphatic carbocycles. The summed E-state index contributed by atoms with van der Waals surface area (Å²) in [5.41, 5.74) is 0.999. The Bertz CT molecular complexity index is 457. The maximum absolute atomic E-state index is 10.7. The molecule has 1 saturated heterocycles. The highest BCUT2D eigenvalue weighted by molar-refractivity contribution is 5.75. The molecule has 0 spiro atoms. The van der Waals surface area contributed by atoms with Gasteiger partial charge in [0, 0.05) is 25.2 Å². The molecule has 6 heteroatoms. The van der Waals surface area contributed by atoms with Crippen LogP contribution in [0.15, 0.2) is 12.1 Å². The molecule has 102 valence electrons. The molecule has 1 aromatic rings. The number of rotatable bonds is 4. The van der Waals surface area contributed by atoms with E-state index in [1.54, 1.807) is 0 Å². The molecule has 0 bridgehead atoms. The van der Waals surface area contributed by atoms with Gasteiger partial charge >= 0.3 is 5.97 Å². The van der Waals surface area contributed by atoms with Crippen molar-refractivity contribution in [1.29, 1.82) is 0 Å². The normalized spacial score (nSPS) is 26.9. The number of carboxylic acids is 1. The van der Waals surface area contributed by atoms with Crippen LogP contribution in [0.2, 0.25) is 0 Å². The van der Waals surface area contributed by atoms with Gasteiger partial charge in [-0.25, -0.2) is 0 Å². The number of hydrogen-bond donors (Lipinski definition) is 2. The smallest absolute Gasteiger partial charge is 0.308 e. The van der Waals surface area contributed by atoms with Crippen LogP contribution in [0.25, 0.3) is 0 Å². The van der Waals surface area contributed by atoms with Crippen LogP contribution < -0.4 is 5.32 Å². The van der Waals surface area contributed by atoms with Crippen molar-refractivity contribution >= 4 is 11.8 Å². The number of ether oxygens (including phenoxy) is 1. The number of anilines is 1. The van der Waals surface area contributed by atoms with Gasteiger partial charge in [-0.1, -0.05) is 0 Å². The van der Waals surface area contributed by atoms with Crippen LogP contribution in [-0.2, 0) is 9.53 Å². The quantitative estimate of drug-likeness (QED) is 0.850. The lowest BCUT2D eigenvalue weighted by Gasteiger charge is -2.21. The van der Waals surface area contributed by atoms with E-state index >= 15 is 0 Å². The van der Waals surface area contributed by atoms with Gasteiger partial charge in [-0.3, -0.25) is 4.79 Å². The van der Waals surface area contributed by atoms with E-state index in [1.807, 2.05) is 12.1 Å². The fourth-order valence-electron chi connectivity index (χ4n) is 2.45. The topological polar surface area (TPSA) is 84.3 Å². The summed E-state index contributed by atoms with van der Waals surface area (Å²) in [6, 6.07) is 3.86. The van der Waals surface area contributed by atoms with Crippen molar-refractivity contribution in [1.82, 2.24) is 10.2 Å². The van der Waals surface area contributed by atoms with Gasteiger partial charge in [-0.15, -0.1) is 5.10 Å². The molecule has 1 aliphatic heterocycles. The van der Waals surface area contributed by atoms with Crippen molar-refractivity contribution in [2.75, 3.05) is 18.5 Å². The van der Waals surface area contributed by atoms with E-state index in [2.05, 4.69) is 15.5 Å². The summed E-state index contributed by atoms with van der Waals surface area (Å²) in [6.45, 7) is 1.57. The van der Waals surface area contributed by atoms with Crippen LogP contribution in [0.5, 0.6) is 0 Å². The van der Waals surface area contributed by atoms with Crippen molar-refractivity contribution in [2.24, 2.45) is 5.92 Å². The molecule has 6 nitrogen and oxygen atoms in total. The highest BCUT2D eigenvalue weighted by Gasteiger charge is 2.43. The Labute approximate surface area is 111 Å². The van der Waals surface area contributed by atoms with Crippen LogP contribution in [0, 0.1) is 5.92 Å². The maximum Gasteiger partial charge on any atom is 0.308 e. The summed E-state index contributed by atoms with van der Waals surface area (Å²) in [4.78, 5) is 10.7. The van der Waals surface area contributed by atoms with Crippen LogP contribution in [-0.4, -0.2) is 40.5 Å². The molecule has 2 unspecified atom stereocenters. The summed E-state index contributed by atoms with van der Waals surface area (Å²) >= 11 is 0. The molecule has 2 heterocycles. The second-order valence-corrected chi connectivity index (χ2v) is 5.16. The highest BCUT2D eigenvalue weighted by Crippen LogP contribution is 2.33. The molecular formula is C13H17N3O3. The summed E-state index contributed by atoms with van der Waals surface area (Å²) in [5.74, 6) is 0.0637. The van der Waals surface area contributed by atoms with Crippen LogP contribution in [0.1, 0.15) is 30.9 Å². The second kappa shape index (κ2) is 5.13. The lowest BCUT2D eigenvalue weighted by Crippen LogP contribution is -2.16. The molecule has 1 saturated carbocycles. The maximum atomic E-state index is 10.7. The van der Waals surface area contributed by atoms with Gasteiger partial charge in [-0.05, 0) is 31.4 Å². The number of hydrogen-bond acceptors (Lipinski definition) is 5. The first-order valence-electron chi connectivity index (χ1n) is 6.65. The average Bonchev–Trinajstić information content (AvgIpc) is 3.20. The van der Waals surface area contributed by atoms with E-state index in [1.165, 1.54) is 0 Å². The van der Waals surface area contributed by atoms with Gasteiger partial charge in [0.2, 0.25) is 0 Å². The van der Waals surface area contributed by atoms with Crippen molar-refractivity contribution in [3.05, 3.63) is 17.8 Å². The van der Waals surface area contributed by atoms with Gasteiger partial charge in [-0.2, -0.15) is 5.10 Å². The fourth-order valence-corrected chi connectivity index (χ4v) is 2.45. The van der Waals surface area contributed by atoms with Gasteiger partial charge in [0.1, 0.15) is 5.82 Å². The molecule has 3 rings (SSSR count). The number of carboxylic acid groups (broad SMARTS) is 1. The largest absolute Gasteiger partial charge is 0.481 e. The molecule has 2 N–H and O–H groups in total. The molecule has 0 amide bonds. The highest BCUT2D eigenvalue weighted by atomic mass is 16.5. The minimum absolute atomic E-state index is 0.000676. The first-order valence-corrected chi connectivity index (χ1v) is 6.65. The third kappa shape index (κ3) is 2.84. The SMILES string of the molecule is O=C(O)C1CC1Nc1ccc(C2CCOCC2)nn1. The van der Waals surface area contributed by atoms with E-state index in [0.717, 1.165) is 31.7 Å². The first kappa shape index (κ1) is 12.3. The van der Waals surface area contributed by atoms with Gasteiger partial charge in [0.25, 0.3) is 0 Å². The number of nitrogens with one attached hydrogen (secondary N) is 1. The van der Waals surface area contributed by atoms with Crippen molar-refractivity contribution < 1.29 is 14.6 Å². The summed E-state index contributed by atoms with van der Waals surface area (Å²) < 4.78 is 5.32. The minimum Gasteiger partial charge on any atom is -0.481 e. The van der Waals surface area contributed by atoms with E-state index < -0.39 is 5.97 Å². The van der Waals surface area contributed by atoms with E-state index in [-0.39, 0.29) is 12.0 Å². The monoisotopic (exact) mass is 263 g/mol. The standard InChI is InChI=1S/C13H17N3O3/c17-13(18)9-7-11(9)14-12-2-1-10(15-16-12)8-3-5-19-6-4-8/h1-2,8-9,11H,3-7H2,(H,14,16)(H,17,18). The summed E-state index contributed by atoms with van der Waals surface area (Å²) in [7, 11) is 0. The van der Waals surface area contributed by atoms with Crippen LogP contribution >= 0.6 is 0 Å². The first-order chi connectivity index (χ1) is 9.24. The second-order valence-electron chi connectivity index (χ2n) is 5.16. The Hall–Kier alpha value is -1.69. The Morgan fingerprint density at radius 3 is 2.68 bits per heavy atom. The number of carbonyl (C=O) groups is 1. The van der Waals surface area contributed by atoms with Crippen molar-refractivity contribution in [3.63, 3.8) is 0 Å². The summed E-state index contributed by atoms with van der Waals surface area (Å²) in [6.07, 6.45) is 2.65. The van der Waals surface area contributed by atoms with Gasteiger partial charge in [0.05, 0.1) is 11.6 Å². The zero-order valence-electron chi connectivity index (χ0n) is 10.6. The zero-order valence-corrected chi connectivity index (χ0v) is 10.6. The van der Waals surface area contributed by atoms with Gasteiger partial charge in [0.15, 0.2) is 0 Å². The third-order valence-corrected chi connectivity index (χ3v) is 3.77. The number of nitrogens with zero attached hydrogens (tertiary/aromatic N) is 2. The summed E-state index contributed by atoms with van der Waals surface area (Å²) in [5, 5.41) is 20.3. The average molecular weight is 263 g/mol. The number of aliphatic carboxylic acids is 1. The Balaban J connectivity index is 1.58. The zero-order chi connectivity index (χ0) is 13.2. The van der Waals surface area contributed by atoms with Gasteiger partial charge < -0.3 is 15.2 Å². The molecule has 2 aliphatic rings. The predicted molar refractivity (Wildman–Crippen MR) is 68.0 cm³/mol. The Morgan fingerprint density at radius 1 is 1.32 bits per heavy atom. The Morgan fingerprint density at radius 2 is 2.11 bits per heavy atom. The van der Waals surface area contributed by atoms with Crippen molar-refractivity contribution in [2.45, 2.75) is 31.2 Å².